The molecule has 23 heavy (non-hydrogen) atoms. The lowest BCUT2D eigenvalue weighted by Gasteiger charge is -2.17. The number of carbonyl (C=O) groups is 1. The number of ether oxygens (including phenoxy) is 2. The quantitative estimate of drug-likeness (QED) is 0.538. The Morgan fingerprint density at radius 3 is 2.74 bits per heavy atom. The van der Waals surface area contributed by atoms with Crippen LogP contribution in [0, 0.1) is 0 Å². The van der Waals surface area contributed by atoms with E-state index in [1.165, 1.54) is 0 Å². The molecule has 0 bridgehead atoms. The van der Waals surface area contributed by atoms with Crippen molar-refractivity contribution < 1.29 is 19.4 Å². The van der Waals surface area contributed by atoms with Gasteiger partial charge in [-0.1, -0.05) is 25.5 Å². The van der Waals surface area contributed by atoms with Crippen LogP contribution in [0.1, 0.15) is 37.8 Å². The molecule has 0 aliphatic carbocycles. The summed E-state index contributed by atoms with van der Waals surface area (Å²) in [6.07, 6.45) is 7.13. The Kier molecular flexibility index (Phi) is 6.62. The minimum absolute atomic E-state index is 0.00328. The number of imidazole rings is 1. The second-order valence-electron chi connectivity index (χ2n) is 5.22. The first kappa shape index (κ1) is 17.0. The van der Waals surface area contributed by atoms with Gasteiger partial charge >= 0.3 is 5.97 Å². The summed E-state index contributed by atoms with van der Waals surface area (Å²) in [5.41, 5.74) is 0.893. The van der Waals surface area contributed by atoms with E-state index in [2.05, 4.69) is 11.9 Å². The SMILES string of the molecule is CCCCOCOc1ccc(C(CC(=O)O)n2ccnc2)cc1. The fourth-order valence-electron chi connectivity index (χ4n) is 2.22. The van der Waals surface area contributed by atoms with Crippen LogP contribution in [0.2, 0.25) is 0 Å². The predicted octanol–water partition coefficient (Wildman–Crippen LogP) is 3.10. The van der Waals surface area contributed by atoms with E-state index in [4.69, 9.17) is 14.6 Å². The van der Waals surface area contributed by atoms with Crippen LogP contribution in [0.3, 0.4) is 0 Å². The van der Waals surface area contributed by atoms with Gasteiger partial charge in [0, 0.05) is 12.4 Å². The normalized spacial score (nSPS) is 12.0. The molecule has 0 radical (unpaired) electrons. The maximum Gasteiger partial charge on any atom is 0.305 e. The van der Waals surface area contributed by atoms with Gasteiger partial charge in [-0.15, -0.1) is 0 Å². The van der Waals surface area contributed by atoms with Gasteiger partial charge < -0.3 is 19.1 Å². The van der Waals surface area contributed by atoms with Crippen molar-refractivity contribution in [3.8, 4) is 5.75 Å². The maximum atomic E-state index is 11.1. The molecule has 0 saturated heterocycles. The summed E-state index contributed by atoms with van der Waals surface area (Å²) in [7, 11) is 0. The summed E-state index contributed by atoms with van der Waals surface area (Å²) in [6, 6.07) is 7.10. The van der Waals surface area contributed by atoms with E-state index in [-0.39, 0.29) is 19.3 Å². The molecule has 1 aromatic carbocycles. The van der Waals surface area contributed by atoms with Gasteiger partial charge in [-0.3, -0.25) is 4.79 Å². The Hall–Kier alpha value is -2.34. The molecular weight excluding hydrogens is 296 g/mol. The average molecular weight is 318 g/mol. The highest BCUT2D eigenvalue weighted by Gasteiger charge is 2.17. The van der Waals surface area contributed by atoms with E-state index in [1.54, 1.807) is 23.3 Å². The number of benzene rings is 1. The lowest BCUT2D eigenvalue weighted by atomic mass is 10.0. The van der Waals surface area contributed by atoms with Crippen LogP contribution >= 0.6 is 0 Å². The molecule has 0 fully saturated rings. The Labute approximate surface area is 135 Å². The molecule has 1 unspecified atom stereocenters. The molecule has 2 aromatic rings. The van der Waals surface area contributed by atoms with Crippen LogP contribution in [0.25, 0.3) is 0 Å². The Morgan fingerprint density at radius 2 is 2.13 bits per heavy atom. The molecule has 2 rings (SSSR count). The van der Waals surface area contributed by atoms with Crippen molar-refractivity contribution in [3.63, 3.8) is 0 Å². The van der Waals surface area contributed by atoms with Gasteiger partial charge in [-0.25, -0.2) is 4.98 Å². The van der Waals surface area contributed by atoms with Gasteiger partial charge in [-0.05, 0) is 24.1 Å². The monoisotopic (exact) mass is 318 g/mol. The van der Waals surface area contributed by atoms with Crippen molar-refractivity contribution in [1.29, 1.82) is 0 Å². The first-order chi connectivity index (χ1) is 11.2. The first-order valence-corrected chi connectivity index (χ1v) is 7.70. The van der Waals surface area contributed by atoms with Crippen molar-refractivity contribution in [2.75, 3.05) is 13.4 Å². The fourth-order valence-corrected chi connectivity index (χ4v) is 2.22. The molecule has 0 amide bonds. The third-order valence-electron chi connectivity index (χ3n) is 3.47. The van der Waals surface area contributed by atoms with Gasteiger partial charge in [-0.2, -0.15) is 0 Å². The van der Waals surface area contributed by atoms with Crippen LogP contribution in [0.4, 0.5) is 0 Å². The first-order valence-electron chi connectivity index (χ1n) is 7.70. The number of hydrogen-bond acceptors (Lipinski definition) is 4. The lowest BCUT2D eigenvalue weighted by Crippen LogP contribution is -2.13. The van der Waals surface area contributed by atoms with E-state index in [0.29, 0.717) is 12.4 Å². The summed E-state index contributed by atoms with van der Waals surface area (Å²) in [6.45, 7) is 3.02. The fraction of sp³-hybridized carbons (Fsp3) is 0.412. The number of hydrogen-bond donors (Lipinski definition) is 1. The highest BCUT2D eigenvalue weighted by atomic mass is 16.7. The molecule has 0 aliphatic rings. The van der Waals surface area contributed by atoms with E-state index >= 15 is 0 Å². The zero-order chi connectivity index (χ0) is 16.5. The standard InChI is InChI=1S/C17H22N2O4/c1-2-3-10-22-13-23-15-6-4-14(5-7-15)16(11-17(20)21)19-9-8-18-12-19/h4-9,12,16H,2-3,10-11,13H2,1H3,(H,20,21). The average Bonchev–Trinajstić information content (AvgIpc) is 3.07. The molecule has 6 heteroatoms. The number of nitrogens with zero attached hydrogens (tertiary/aromatic N) is 2. The summed E-state index contributed by atoms with van der Waals surface area (Å²) in [5, 5.41) is 9.11. The van der Waals surface area contributed by atoms with E-state index < -0.39 is 5.97 Å². The number of unbranched alkanes of at least 4 members (excludes halogenated alkanes) is 1. The topological polar surface area (TPSA) is 73.6 Å². The highest BCUT2D eigenvalue weighted by Crippen LogP contribution is 2.24. The van der Waals surface area contributed by atoms with Crippen molar-refractivity contribution in [2.24, 2.45) is 0 Å². The summed E-state index contributed by atoms with van der Waals surface area (Å²) >= 11 is 0. The predicted molar refractivity (Wildman–Crippen MR) is 85.4 cm³/mol. The molecule has 1 atom stereocenters. The molecule has 124 valence electrons. The van der Waals surface area contributed by atoms with Gasteiger partial charge in [0.15, 0.2) is 6.79 Å². The molecule has 0 spiro atoms. The smallest absolute Gasteiger partial charge is 0.305 e. The summed E-state index contributed by atoms with van der Waals surface area (Å²) in [5.74, 6) is -0.154. The number of carboxylic acids is 1. The van der Waals surface area contributed by atoms with E-state index in [0.717, 1.165) is 18.4 Å². The number of rotatable bonds is 10. The van der Waals surface area contributed by atoms with E-state index in [9.17, 15) is 4.79 Å². The minimum Gasteiger partial charge on any atom is -0.481 e. The molecular formula is C17H22N2O4. The second-order valence-corrected chi connectivity index (χ2v) is 5.22. The van der Waals surface area contributed by atoms with Gasteiger partial charge in [0.25, 0.3) is 0 Å². The third kappa shape index (κ3) is 5.41. The lowest BCUT2D eigenvalue weighted by molar-refractivity contribution is -0.137. The van der Waals surface area contributed by atoms with Gasteiger partial charge in [0.1, 0.15) is 5.75 Å². The Bertz CT molecular complexity index is 581. The van der Waals surface area contributed by atoms with Crippen molar-refractivity contribution in [3.05, 3.63) is 48.5 Å². The Balaban J connectivity index is 1.97. The maximum absolute atomic E-state index is 11.1. The molecule has 0 aliphatic heterocycles. The Morgan fingerprint density at radius 1 is 1.35 bits per heavy atom. The van der Waals surface area contributed by atoms with Gasteiger partial charge in [0.2, 0.25) is 0 Å². The van der Waals surface area contributed by atoms with Crippen molar-refractivity contribution >= 4 is 5.97 Å². The second kappa shape index (κ2) is 8.95. The van der Waals surface area contributed by atoms with Crippen molar-refractivity contribution in [2.45, 2.75) is 32.2 Å². The summed E-state index contributed by atoms with van der Waals surface area (Å²) < 4.78 is 12.6. The van der Waals surface area contributed by atoms with E-state index in [1.807, 2.05) is 24.3 Å². The molecule has 1 aromatic heterocycles. The van der Waals surface area contributed by atoms with Crippen LogP contribution in [-0.4, -0.2) is 34.0 Å². The largest absolute Gasteiger partial charge is 0.481 e. The number of carboxylic acid groups (broad SMARTS) is 1. The number of aromatic nitrogens is 2. The van der Waals surface area contributed by atoms with Crippen LogP contribution in [-0.2, 0) is 9.53 Å². The van der Waals surface area contributed by atoms with Crippen LogP contribution < -0.4 is 4.74 Å². The summed E-state index contributed by atoms with van der Waals surface area (Å²) in [4.78, 5) is 15.1. The number of aliphatic carboxylic acids is 1. The van der Waals surface area contributed by atoms with Crippen LogP contribution in [0.15, 0.2) is 43.0 Å². The minimum atomic E-state index is -0.853. The zero-order valence-electron chi connectivity index (χ0n) is 13.2. The molecule has 1 N–H and O–H groups in total. The zero-order valence-corrected chi connectivity index (χ0v) is 13.2. The molecule has 6 nitrogen and oxygen atoms in total. The van der Waals surface area contributed by atoms with Crippen LogP contribution in [0.5, 0.6) is 5.75 Å². The van der Waals surface area contributed by atoms with Crippen molar-refractivity contribution in [1.82, 2.24) is 9.55 Å². The molecule has 0 saturated carbocycles. The highest BCUT2D eigenvalue weighted by molar-refractivity contribution is 5.68. The third-order valence-corrected chi connectivity index (χ3v) is 3.47. The molecule has 1 heterocycles. The van der Waals surface area contributed by atoms with Gasteiger partial charge in [0.05, 0.1) is 25.4 Å².